The van der Waals surface area contributed by atoms with E-state index in [-0.39, 0.29) is 11.8 Å². The van der Waals surface area contributed by atoms with E-state index in [0.717, 1.165) is 17.7 Å². The minimum Gasteiger partial charge on any atom is -0.481 e. The summed E-state index contributed by atoms with van der Waals surface area (Å²) in [7, 11) is 0. The molecule has 0 radical (unpaired) electrons. The van der Waals surface area contributed by atoms with Gasteiger partial charge in [0.25, 0.3) is 0 Å². The number of carboxylic acid groups (broad SMARTS) is 1. The van der Waals surface area contributed by atoms with Crippen LogP contribution in [0.2, 0.25) is 0 Å². The predicted octanol–water partition coefficient (Wildman–Crippen LogP) is 1.58. The Morgan fingerprint density at radius 2 is 2.46 bits per heavy atom. The number of aryl methyl sites for hydroxylation is 1. The lowest BCUT2D eigenvalue weighted by atomic mass is 10.1. The van der Waals surface area contributed by atoms with Crippen LogP contribution in [0.1, 0.15) is 23.6 Å². The Balaban J connectivity index is 2.21. The van der Waals surface area contributed by atoms with Gasteiger partial charge < -0.3 is 5.11 Å². The lowest BCUT2D eigenvalue weighted by Crippen LogP contribution is -2.00. The van der Waals surface area contributed by atoms with Crippen LogP contribution < -0.4 is 0 Å². The van der Waals surface area contributed by atoms with Gasteiger partial charge >= 0.3 is 5.97 Å². The van der Waals surface area contributed by atoms with Gasteiger partial charge in [-0.25, -0.2) is 0 Å². The Labute approximate surface area is 76.4 Å². The van der Waals surface area contributed by atoms with Gasteiger partial charge in [0.2, 0.25) is 0 Å². The molecule has 0 saturated heterocycles. The molecular weight excluding hydrogens is 166 g/mol. The third-order valence-corrected chi connectivity index (χ3v) is 2.55. The van der Waals surface area contributed by atoms with Crippen LogP contribution in [0.4, 0.5) is 0 Å². The standard InChI is InChI=1S/C10H11NO2/c1-6-7(3-2-4-11-6)8-5-9(8)10(12)13/h2-4,8-9H,5H2,1H3,(H,12,13)/t8-,9+/m1/s1. The third kappa shape index (κ3) is 1.41. The molecule has 1 saturated carbocycles. The first-order valence-corrected chi connectivity index (χ1v) is 4.34. The van der Waals surface area contributed by atoms with Gasteiger partial charge in [0.05, 0.1) is 5.92 Å². The summed E-state index contributed by atoms with van der Waals surface area (Å²) in [5.74, 6) is -0.664. The van der Waals surface area contributed by atoms with E-state index in [1.165, 1.54) is 0 Å². The molecule has 2 rings (SSSR count). The van der Waals surface area contributed by atoms with Crippen molar-refractivity contribution in [2.45, 2.75) is 19.3 Å². The monoisotopic (exact) mass is 177 g/mol. The number of carbonyl (C=O) groups is 1. The van der Waals surface area contributed by atoms with E-state index >= 15 is 0 Å². The topological polar surface area (TPSA) is 50.2 Å². The molecule has 3 nitrogen and oxygen atoms in total. The molecule has 1 aliphatic carbocycles. The van der Waals surface area contributed by atoms with Gasteiger partial charge in [-0.3, -0.25) is 9.78 Å². The molecule has 13 heavy (non-hydrogen) atoms. The number of aliphatic carboxylic acids is 1. The molecule has 1 N–H and O–H groups in total. The number of carboxylic acids is 1. The first kappa shape index (κ1) is 8.23. The third-order valence-electron chi connectivity index (χ3n) is 2.55. The van der Waals surface area contributed by atoms with Gasteiger partial charge in [-0.05, 0) is 30.9 Å². The molecule has 68 valence electrons. The molecular formula is C10H11NO2. The van der Waals surface area contributed by atoms with Crippen LogP contribution in [-0.2, 0) is 4.79 Å². The van der Waals surface area contributed by atoms with Crippen molar-refractivity contribution in [3.8, 4) is 0 Å². The largest absolute Gasteiger partial charge is 0.481 e. The molecule has 0 bridgehead atoms. The number of rotatable bonds is 2. The van der Waals surface area contributed by atoms with Crippen molar-refractivity contribution in [1.82, 2.24) is 4.98 Å². The van der Waals surface area contributed by atoms with Crippen molar-refractivity contribution in [3.05, 3.63) is 29.6 Å². The minimum atomic E-state index is -0.687. The summed E-state index contributed by atoms with van der Waals surface area (Å²) >= 11 is 0. The number of hydrogen-bond donors (Lipinski definition) is 1. The Morgan fingerprint density at radius 3 is 3.00 bits per heavy atom. The van der Waals surface area contributed by atoms with Gasteiger partial charge in [-0.2, -0.15) is 0 Å². The molecule has 1 aromatic rings. The maximum absolute atomic E-state index is 10.6. The van der Waals surface area contributed by atoms with E-state index in [0.29, 0.717) is 0 Å². The molecule has 1 fully saturated rings. The summed E-state index contributed by atoms with van der Waals surface area (Å²) in [6.45, 7) is 1.92. The van der Waals surface area contributed by atoms with Crippen LogP contribution in [0.15, 0.2) is 18.3 Å². The second kappa shape index (κ2) is 2.83. The van der Waals surface area contributed by atoms with E-state index in [1.807, 2.05) is 19.1 Å². The zero-order chi connectivity index (χ0) is 9.42. The zero-order valence-electron chi connectivity index (χ0n) is 7.40. The molecule has 3 heteroatoms. The second-order valence-corrected chi connectivity index (χ2v) is 3.46. The van der Waals surface area contributed by atoms with Gasteiger partial charge in [-0.1, -0.05) is 6.07 Å². The second-order valence-electron chi connectivity index (χ2n) is 3.46. The fourth-order valence-corrected chi connectivity index (χ4v) is 1.70. The molecule has 1 heterocycles. The van der Waals surface area contributed by atoms with Crippen molar-refractivity contribution in [3.63, 3.8) is 0 Å². The van der Waals surface area contributed by atoms with Crippen molar-refractivity contribution < 1.29 is 9.90 Å². The van der Waals surface area contributed by atoms with Crippen LogP contribution in [0, 0.1) is 12.8 Å². The molecule has 0 unspecified atom stereocenters. The average molecular weight is 177 g/mol. The predicted molar refractivity (Wildman–Crippen MR) is 47.5 cm³/mol. The van der Waals surface area contributed by atoms with Crippen molar-refractivity contribution in [2.75, 3.05) is 0 Å². The highest BCUT2D eigenvalue weighted by molar-refractivity contribution is 5.75. The first-order chi connectivity index (χ1) is 6.20. The summed E-state index contributed by atoms with van der Waals surface area (Å²) in [6, 6.07) is 3.83. The van der Waals surface area contributed by atoms with E-state index in [1.54, 1.807) is 6.20 Å². The number of nitrogens with zero attached hydrogens (tertiary/aromatic N) is 1. The van der Waals surface area contributed by atoms with Crippen LogP contribution in [0.3, 0.4) is 0 Å². The van der Waals surface area contributed by atoms with Crippen LogP contribution in [0.5, 0.6) is 0 Å². The summed E-state index contributed by atoms with van der Waals surface area (Å²) < 4.78 is 0. The van der Waals surface area contributed by atoms with Gasteiger partial charge in [0.1, 0.15) is 0 Å². The van der Waals surface area contributed by atoms with Crippen molar-refractivity contribution >= 4 is 5.97 Å². The normalized spacial score (nSPS) is 25.6. The highest BCUT2D eigenvalue weighted by Gasteiger charge is 2.44. The SMILES string of the molecule is Cc1ncccc1[C@H]1C[C@@H]1C(=O)O. The van der Waals surface area contributed by atoms with E-state index < -0.39 is 5.97 Å². The fraction of sp³-hybridized carbons (Fsp3) is 0.400. The van der Waals surface area contributed by atoms with Crippen LogP contribution in [-0.4, -0.2) is 16.1 Å². The molecule has 0 aliphatic heterocycles. The lowest BCUT2D eigenvalue weighted by molar-refractivity contribution is -0.138. The van der Waals surface area contributed by atoms with Gasteiger partial charge in [0, 0.05) is 11.9 Å². The van der Waals surface area contributed by atoms with Crippen LogP contribution >= 0.6 is 0 Å². The Kier molecular flexibility index (Phi) is 1.79. The quantitative estimate of drug-likeness (QED) is 0.746. The summed E-state index contributed by atoms with van der Waals surface area (Å²) in [5.41, 5.74) is 2.05. The Hall–Kier alpha value is -1.38. The summed E-state index contributed by atoms with van der Waals surface area (Å²) in [5, 5.41) is 8.76. The fourth-order valence-electron chi connectivity index (χ4n) is 1.70. The van der Waals surface area contributed by atoms with Gasteiger partial charge in [-0.15, -0.1) is 0 Å². The molecule has 1 aromatic heterocycles. The smallest absolute Gasteiger partial charge is 0.307 e. The maximum atomic E-state index is 10.6. The number of pyridine rings is 1. The van der Waals surface area contributed by atoms with E-state index in [2.05, 4.69) is 4.98 Å². The average Bonchev–Trinajstić information content (AvgIpc) is 2.84. The maximum Gasteiger partial charge on any atom is 0.307 e. The van der Waals surface area contributed by atoms with Gasteiger partial charge in [0.15, 0.2) is 0 Å². The Bertz CT molecular complexity index is 349. The number of hydrogen-bond acceptors (Lipinski definition) is 2. The molecule has 0 amide bonds. The lowest BCUT2D eigenvalue weighted by Gasteiger charge is -2.01. The molecule has 0 aromatic carbocycles. The highest BCUT2D eigenvalue weighted by atomic mass is 16.4. The Morgan fingerprint density at radius 1 is 1.69 bits per heavy atom. The zero-order valence-corrected chi connectivity index (χ0v) is 7.40. The molecule has 1 aliphatic rings. The summed E-state index contributed by atoms with van der Waals surface area (Å²) in [4.78, 5) is 14.8. The molecule has 2 atom stereocenters. The van der Waals surface area contributed by atoms with E-state index in [9.17, 15) is 4.79 Å². The number of aromatic nitrogens is 1. The summed E-state index contributed by atoms with van der Waals surface area (Å²) in [6.07, 6.45) is 2.50. The highest BCUT2D eigenvalue weighted by Crippen LogP contribution is 2.48. The van der Waals surface area contributed by atoms with Crippen molar-refractivity contribution in [2.24, 2.45) is 5.92 Å². The van der Waals surface area contributed by atoms with E-state index in [4.69, 9.17) is 5.11 Å². The van der Waals surface area contributed by atoms with Crippen LogP contribution in [0.25, 0.3) is 0 Å². The minimum absolute atomic E-state index is 0.178. The first-order valence-electron chi connectivity index (χ1n) is 4.34. The molecule has 0 spiro atoms. The van der Waals surface area contributed by atoms with Crippen molar-refractivity contribution in [1.29, 1.82) is 0 Å².